The maximum absolute atomic E-state index is 13.0. The van der Waals surface area contributed by atoms with Crippen LogP contribution in [-0.4, -0.2) is 9.55 Å². The first-order valence-corrected chi connectivity index (χ1v) is 5.72. The summed E-state index contributed by atoms with van der Waals surface area (Å²) in [5.41, 5.74) is 8.46. The van der Waals surface area contributed by atoms with E-state index in [1.807, 2.05) is 28.8 Å². The van der Waals surface area contributed by atoms with Gasteiger partial charge in [-0.25, -0.2) is 9.37 Å². The van der Waals surface area contributed by atoms with Crippen molar-refractivity contribution in [3.8, 4) is 5.69 Å². The number of para-hydroxylation sites is 2. The SMILES string of the molecule is NCc1nc2ccccc2n1-c1ccc(F)cc1. The number of hydrogen-bond acceptors (Lipinski definition) is 2. The summed E-state index contributed by atoms with van der Waals surface area (Å²) in [6.07, 6.45) is 0. The molecule has 0 aliphatic heterocycles. The summed E-state index contributed by atoms with van der Waals surface area (Å²) in [6, 6.07) is 14.1. The third kappa shape index (κ3) is 1.67. The predicted molar refractivity (Wildman–Crippen MR) is 68.9 cm³/mol. The van der Waals surface area contributed by atoms with Gasteiger partial charge in [-0.3, -0.25) is 4.57 Å². The van der Waals surface area contributed by atoms with Crippen molar-refractivity contribution in [2.45, 2.75) is 6.54 Å². The molecule has 0 aliphatic rings. The fraction of sp³-hybridized carbons (Fsp3) is 0.0714. The van der Waals surface area contributed by atoms with Gasteiger partial charge in [0, 0.05) is 5.69 Å². The first-order valence-electron chi connectivity index (χ1n) is 5.72. The molecule has 0 saturated carbocycles. The van der Waals surface area contributed by atoms with E-state index >= 15 is 0 Å². The van der Waals surface area contributed by atoms with Crippen LogP contribution in [0.5, 0.6) is 0 Å². The Balaban J connectivity index is 2.29. The highest BCUT2D eigenvalue weighted by molar-refractivity contribution is 5.78. The Morgan fingerprint density at radius 2 is 1.78 bits per heavy atom. The molecule has 3 aromatic rings. The lowest BCUT2D eigenvalue weighted by molar-refractivity contribution is 0.627. The zero-order valence-electron chi connectivity index (χ0n) is 9.68. The fourth-order valence-electron chi connectivity index (χ4n) is 2.09. The normalized spacial score (nSPS) is 11.0. The molecule has 0 saturated heterocycles. The molecule has 0 aliphatic carbocycles. The van der Waals surface area contributed by atoms with E-state index < -0.39 is 0 Å². The van der Waals surface area contributed by atoms with E-state index in [-0.39, 0.29) is 5.82 Å². The first kappa shape index (κ1) is 10.9. The van der Waals surface area contributed by atoms with Gasteiger partial charge in [-0.1, -0.05) is 12.1 Å². The molecular weight excluding hydrogens is 229 g/mol. The van der Waals surface area contributed by atoms with Gasteiger partial charge in [0.15, 0.2) is 0 Å². The molecule has 3 rings (SSSR count). The van der Waals surface area contributed by atoms with Crippen molar-refractivity contribution in [3.63, 3.8) is 0 Å². The van der Waals surface area contributed by atoms with E-state index in [4.69, 9.17) is 5.73 Å². The molecule has 2 aromatic carbocycles. The van der Waals surface area contributed by atoms with Crippen LogP contribution in [0.15, 0.2) is 48.5 Å². The molecule has 1 heterocycles. The zero-order valence-corrected chi connectivity index (χ0v) is 9.68. The molecule has 0 radical (unpaired) electrons. The molecule has 0 bridgehead atoms. The van der Waals surface area contributed by atoms with Crippen molar-refractivity contribution in [2.75, 3.05) is 0 Å². The number of benzene rings is 2. The predicted octanol–water partition coefficient (Wildman–Crippen LogP) is 2.62. The van der Waals surface area contributed by atoms with Gasteiger partial charge in [-0.05, 0) is 36.4 Å². The van der Waals surface area contributed by atoms with Crippen LogP contribution in [0.3, 0.4) is 0 Å². The second-order valence-corrected chi connectivity index (χ2v) is 4.03. The summed E-state index contributed by atoms with van der Waals surface area (Å²) < 4.78 is 14.9. The number of rotatable bonds is 2. The Morgan fingerprint density at radius 1 is 1.06 bits per heavy atom. The van der Waals surface area contributed by atoms with Crippen molar-refractivity contribution < 1.29 is 4.39 Å². The van der Waals surface area contributed by atoms with Crippen LogP contribution < -0.4 is 5.73 Å². The van der Waals surface area contributed by atoms with Crippen LogP contribution in [0.1, 0.15) is 5.82 Å². The third-order valence-electron chi connectivity index (χ3n) is 2.90. The van der Waals surface area contributed by atoms with Gasteiger partial charge in [0.2, 0.25) is 0 Å². The molecule has 0 amide bonds. The average molecular weight is 241 g/mol. The van der Waals surface area contributed by atoms with Crippen LogP contribution in [0.4, 0.5) is 4.39 Å². The number of hydrogen-bond donors (Lipinski definition) is 1. The number of halogens is 1. The Bertz CT molecular complexity index is 686. The van der Waals surface area contributed by atoms with E-state index in [9.17, 15) is 4.39 Å². The number of nitrogens with zero attached hydrogens (tertiary/aromatic N) is 2. The number of aromatic nitrogens is 2. The van der Waals surface area contributed by atoms with Gasteiger partial charge in [0.25, 0.3) is 0 Å². The lowest BCUT2D eigenvalue weighted by Crippen LogP contribution is -2.06. The van der Waals surface area contributed by atoms with Crippen LogP contribution >= 0.6 is 0 Å². The second kappa shape index (κ2) is 4.23. The molecule has 0 atom stereocenters. The molecule has 1 aromatic heterocycles. The summed E-state index contributed by atoms with van der Waals surface area (Å²) in [6.45, 7) is 0.339. The van der Waals surface area contributed by atoms with E-state index in [2.05, 4.69) is 4.98 Å². The van der Waals surface area contributed by atoms with Crippen molar-refractivity contribution in [2.24, 2.45) is 5.73 Å². The maximum atomic E-state index is 13.0. The Kier molecular flexibility index (Phi) is 2.57. The lowest BCUT2D eigenvalue weighted by Gasteiger charge is -2.07. The fourth-order valence-corrected chi connectivity index (χ4v) is 2.09. The van der Waals surface area contributed by atoms with E-state index in [0.717, 1.165) is 22.5 Å². The topological polar surface area (TPSA) is 43.8 Å². The highest BCUT2D eigenvalue weighted by atomic mass is 19.1. The van der Waals surface area contributed by atoms with Gasteiger partial charge in [0.1, 0.15) is 11.6 Å². The van der Waals surface area contributed by atoms with E-state index in [0.29, 0.717) is 6.54 Å². The minimum Gasteiger partial charge on any atom is -0.324 e. The van der Waals surface area contributed by atoms with Crippen LogP contribution in [0.25, 0.3) is 16.7 Å². The second-order valence-electron chi connectivity index (χ2n) is 4.03. The number of nitrogens with two attached hydrogens (primary N) is 1. The lowest BCUT2D eigenvalue weighted by atomic mass is 10.2. The van der Waals surface area contributed by atoms with Gasteiger partial charge in [0.05, 0.1) is 17.6 Å². The van der Waals surface area contributed by atoms with E-state index in [1.54, 1.807) is 12.1 Å². The standard InChI is InChI=1S/C14H12FN3/c15-10-5-7-11(8-6-10)18-13-4-2-1-3-12(13)17-14(18)9-16/h1-8H,9,16H2. The van der Waals surface area contributed by atoms with Crippen molar-refractivity contribution >= 4 is 11.0 Å². The molecule has 0 fully saturated rings. The number of imidazole rings is 1. The maximum Gasteiger partial charge on any atom is 0.128 e. The minimum atomic E-state index is -0.252. The third-order valence-corrected chi connectivity index (χ3v) is 2.90. The summed E-state index contributed by atoms with van der Waals surface area (Å²) in [4.78, 5) is 4.47. The van der Waals surface area contributed by atoms with Gasteiger partial charge < -0.3 is 5.73 Å². The molecule has 90 valence electrons. The summed E-state index contributed by atoms with van der Waals surface area (Å²) in [5, 5.41) is 0. The largest absolute Gasteiger partial charge is 0.324 e. The van der Waals surface area contributed by atoms with Crippen LogP contribution in [0.2, 0.25) is 0 Å². The van der Waals surface area contributed by atoms with Gasteiger partial charge in [-0.15, -0.1) is 0 Å². The quantitative estimate of drug-likeness (QED) is 0.749. The smallest absolute Gasteiger partial charge is 0.128 e. The van der Waals surface area contributed by atoms with Crippen molar-refractivity contribution in [1.29, 1.82) is 0 Å². The summed E-state index contributed by atoms with van der Waals surface area (Å²) in [7, 11) is 0. The molecule has 2 N–H and O–H groups in total. The monoisotopic (exact) mass is 241 g/mol. The molecule has 0 unspecified atom stereocenters. The number of fused-ring (bicyclic) bond motifs is 1. The van der Waals surface area contributed by atoms with Crippen molar-refractivity contribution in [3.05, 3.63) is 60.2 Å². The van der Waals surface area contributed by atoms with Gasteiger partial charge >= 0.3 is 0 Å². The molecule has 18 heavy (non-hydrogen) atoms. The Labute approximate surface area is 104 Å². The summed E-state index contributed by atoms with van der Waals surface area (Å²) in [5.74, 6) is 0.514. The van der Waals surface area contributed by atoms with E-state index in [1.165, 1.54) is 12.1 Å². The Morgan fingerprint density at radius 3 is 2.50 bits per heavy atom. The highest BCUT2D eigenvalue weighted by Gasteiger charge is 2.10. The highest BCUT2D eigenvalue weighted by Crippen LogP contribution is 2.21. The van der Waals surface area contributed by atoms with Crippen molar-refractivity contribution in [1.82, 2.24) is 9.55 Å². The molecule has 4 heteroatoms. The zero-order chi connectivity index (χ0) is 12.5. The minimum absolute atomic E-state index is 0.252. The van der Waals surface area contributed by atoms with Crippen LogP contribution in [-0.2, 0) is 6.54 Å². The van der Waals surface area contributed by atoms with Gasteiger partial charge in [-0.2, -0.15) is 0 Å². The van der Waals surface area contributed by atoms with Crippen LogP contribution in [0, 0.1) is 5.82 Å². The Hall–Kier alpha value is -2.20. The summed E-state index contributed by atoms with van der Waals surface area (Å²) >= 11 is 0. The molecule has 3 nitrogen and oxygen atoms in total. The molecular formula is C14H12FN3. The molecule has 0 spiro atoms. The first-order chi connectivity index (χ1) is 8.79. The average Bonchev–Trinajstić information content (AvgIpc) is 2.78.